The first-order valence-electron chi connectivity index (χ1n) is 3.34. The number of aliphatic hydroxyl groups is 1. The van der Waals surface area contributed by atoms with Crippen molar-refractivity contribution >= 4 is 11.5 Å². The Kier molecular flexibility index (Phi) is 2.00. The molecule has 0 radical (unpaired) electrons. The van der Waals surface area contributed by atoms with Crippen LogP contribution in [0.3, 0.4) is 0 Å². The van der Waals surface area contributed by atoms with Gasteiger partial charge in [0.1, 0.15) is 0 Å². The number of hydrogen-bond acceptors (Lipinski definition) is 4. The summed E-state index contributed by atoms with van der Waals surface area (Å²) in [4.78, 5) is 0. The fourth-order valence-electron chi connectivity index (χ4n) is 1.00. The summed E-state index contributed by atoms with van der Waals surface area (Å²) in [5.74, 6) is 0.330. The van der Waals surface area contributed by atoms with Crippen LogP contribution in [0.25, 0.3) is 0 Å². The molecule has 5 N–H and O–H groups in total. The van der Waals surface area contributed by atoms with Gasteiger partial charge in [-0.1, -0.05) is 0 Å². The number of aliphatic hydroxyl groups excluding tert-OH is 1. The van der Waals surface area contributed by atoms with E-state index in [0.717, 1.165) is 5.69 Å². The molecule has 0 bridgehead atoms. The van der Waals surface area contributed by atoms with Crippen LogP contribution in [0, 0.1) is 0 Å². The van der Waals surface area contributed by atoms with Gasteiger partial charge in [-0.15, -0.1) is 0 Å². The van der Waals surface area contributed by atoms with E-state index in [1.165, 1.54) is 0 Å². The van der Waals surface area contributed by atoms with Crippen LogP contribution in [0.2, 0.25) is 0 Å². The largest absolute Gasteiger partial charge is 0.396 e. The van der Waals surface area contributed by atoms with Gasteiger partial charge in [-0.2, -0.15) is 5.10 Å². The molecule has 5 nitrogen and oxygen atoms in total. The van der Waals surface area contributed by atoms with Gasteiger partial charge in [0, 0.05) is 20.1 Å². The summed E-state index contributed by atoms with van der Waals surface area (Å²) < 4.78 is 1.58. The lowest BCUT2D eigenvalue weighted by Crippen LogP contribution is -2.02. The fourth-order valence-corrected chi connectivity index (χ4v) is 1.00. The lowest BCUT2D eigenvalue weighted by atomic mass is 10.3. The monoisotopic (exact) mass is 156 g/mol. The van der Waals surface area contributed by atoms with E-state index in [1.807, 2.05) is 0 Å². The summed E-state index contributed by atoms with van der Waals surface area (Å²) in [6, 6.07) is 0. The molecule has 0 aliphatic carbocycles. The molecule has 0 amide bonds. The smallest absolute Gasteiger partial charge is 0.168 e. The highest BCUT2D eigenvalue weighted by molar-refractivity contribution is 5.61. The van der Waals surface area contributed by atoms with Crippen molar-refractivity contribution in [3.8, 4) is 0 Å². The molecule has 0 aliphatic rings. The van der Waals surface area contributed by atoms with Gasteiger partial charge in [-0.25, -0.2) is 0 Å². The molecule has 1 rings (SSSR count). The van der Waals surface area contributed by atoms with Crippen molar-refractivity contribution in [2.75, 3.05) is 18.1 Å². The number of nitrogens with zero attached hydrogens (tertiary/aromatic N) is 2. The van der Waals surface area contributed by atoms with E-state index >= 15 is 0 Å². The number of rotatable bonds is 2. The van der Waals surface area contributed by atoms with Crippen molar-refractivity contribution in [2.45, 2.75) is 6.42 Å². The summed E-state index contributed by atoms with van der Waals surface area (Å²) >= 11 is 0. The van der Waals surface area contributed by atoms with E-state index in [-0.39, 0.29) is 6.61 Å². The molecule has 11 heavy (non-hydrogen) atoms. The van der Waals surface area contributed by atoms with Crippen LogP contribution in [0.1, 0.15) is 5.69 Å². The maximum absolute atomic E-state index is 8.64. The van der Waals surface area contributed by atoms with E-state index in [1.54, 1.807) is 11.7 Å². The van der Waals surface area contributed by atoms with Gasteiger partial charge >= 0.3 is 0 Å². The molecule has 0 saturated heterocycles. The highest BCUT2D eigenvalue weighted by atomic mass is 16.3. The van der Waals surface area contributed by atoms with E-state index < -0.39 is 0 Å². The van der Waals surface area contributed by atoms with E-state index in [4.69, 9.17) is 16.6 Å². The Labute approximate surface area is 64.6 Å². The number of nitrogens with two attached hydrogens (primary N) is 2. The highest BCUT2D eigenvalue weighted by Gasteiger charge is 2.08. The zero-order chi connectivity index (χ0) is 8.43. The predicted octanol–water partition coefficient (Wildman–Crippen LogP) is -0.881. The van der Waals surface area contributed by atoms with E-state index in [9.17, 15) is 0 Å². The Morgan fingerprint density at radius 3 is 2.55 bits per heavy atom. The fraction of sp³-hybridized carbons (Fsp3) is 0.500. The molecule has 0 aliphatic heterocycles. The average Bonchev–Trinajstić information content (AvgIpc) is 2.17. The van der Waals surface area contributed by atoms with E-state index in [2.05, 4.69) is 5.10 Å². The lowest BCUT2D eigenvalue weighted by Gasteiger charge is -1.98. The van der Waals surface area contributed by atoms with Crippen molar-refractivity contribution in [2.24, 2.45) is 7.05 Å². The summed E-state index contributed by atoms with van der Waals surface area (Å²) in [5, 5.41) is 12.5. The Morgan fingerprint density at radius 1 is 1.55 bits per heavy atom. The summed E-state index contributed by atoms with van der Waals surface area (Å²) in [6.07, 6.45) is 0.493. The van der Waals surface area contributed by atoms with Gasteiger partial charge < -0.3 is 16.6 Å². The minimum atomic E-state index is 0.0587. The zero-order valence-electron chi connectivity index (χ0n) is 6.41. The molecule has 0 aromatic carbocycles. The van der Waals surface area contributed by atoms with Crippen LogP contribution in [0.4, 0.5) is 11.5 Å². The second-order valence-corrected chi connectivity index (χ2v) is 2.34. The van der Waals surface area contributed by atoms with Crippen molar-refractivity contribution in [1.82, 2.24) is 9.78 Å². The first kappa shape index (κ1) is 7.87. The molecule has 0 spiro atoms. The van der Waals surface area contributed by atoms with Crippen LogP contribution in [0.15, 0.2) is 0 Å². The maximum Gasteiger partial charge on any atom is 0.168 e. The SMILES string of the molecule is Cn1nc(N)c(N)c1CCO. The number of nitrogen functional groups attached to an aromatic ring is 2. The Balaban J connectivity index is 3.02. The predicted molar refractivity (Wildman–Crippen MR) is 42.8 cm³/mol. The second kappa shape index (κ2) is 2.79. The first-order chi connectivity index (χ1) is 5.16. The van der Waals surface area contributed by atoms with Gasteiger partial charge in [0.25, 0.3) is 0 Å². The normalized spacial score (nSPS) is 10.4. The third kappa shape index (κ3) is 1.27. The topological polar surface area (TPSA) is 90.1 Å². The van der Waals surface area contributed by atoms with Gasteiger partial charge in [0.2, 0.25) is 0 Å². The average molecular weight is 156 g/mol. The Hall–Kier alpha value is -1.23. The summed E-state index contributed by atoms with van der Waals surface area (Å²) in [7, 11) is 1.75. The van der Waals surface area contributed by atoms with Crippen LogP contribution in [0.5, 0.6) is 0 Å². The Morgan fingerprint density at radius 2 is 2.18 bits per heavy atom. The van der Waals surface area contributed by atoms with E-state index in [0.29, 0.717) is 17.9 Å². The standard InChI is InChI=1S/C6H12N4O/c1-10-4(2-3-11)5(7)6(8)9-10/h11H,2-3,7H2,1H3,(H2,8,9). The highest BCUT2D eigenvalue weighted by Crippen LogP contribution is 2.17. The number of aromatic nitrogens is 2. The minimum absolute atomic E-state index is 0.0587. The quantitative estimate of drug-likeness (QED) is 0.518. The van der Waals surface area contributed by atoms with Gasteiger partial charge in [0.05, 0.1) is 11.4 Å². The molecule has 0 saturated carbocycles. The minimum Gasteiger partial charge on any atom is -0.396 e. The number of anilines is 2. The molecular weight excluding hydrogens is 144 g/mol. The van der Waals surface area contributed by atoms with Crippen molar-refractivity contribution < 1.29 is 5.11 Å². The van der Waals surface area contributed by atoms with Crippen molar-refractivity contribution in [3.63, 3.8) is 0 Å². The maximum atomic E-state index is 8.64. The molecule has 62 valence electrons. The van der Waals surface area contributed by atoms with Gasteiger partial charge in [-0.3, -0.25) is 4.68 Å². The number of hydrogen-bond donors (Lipinski definition) is 3. The second-order valence-electron chi connectivity index (χ2n) is 2.34. The van der Waals surface area contributed by atoms with Crippen molar-refractivity contribution in [3.05, 3.63) is 5.69 Å². The molecule has 5 heteroatoms. The Bertz CT molecular complexity index is 255. The molecule has 1 aromatic rings. The molecule has 0 fully saturated rings. The molecular formula is C6H12N4O. The van der Waals surface area contributed by atoms with Gasteiger partial charge in [-0.05, 0) is 0 Å². The third-order valence-corrected chi connectivity index (χ3v) is 1.58. The first-order valence-corrected chi connectivity index (χ1v) is 3.34. The van der Waals surface area contributed by atoms with Crippen LogP contribution >= 0.6 is 0 Å². The summed E-state index contributed by atoms with van der Waals surface area (Å²) in [6.45, 7) is 0.0587. The van der Waals surface area contributed by atoms with Crippen molar-refractivity contribution in [1.29, 1.82) is 0 Å². The molecule has 1 aromatic heterocycles. The summed E-state index contributed by atoms with van der Waals surface area (Å²) in [5.41, 5.74) is 12.3. The molecule has 0 unspecified atom stereocenters. The molecule has 0 atom stereocenters. The van der Waals surface area contributed by atoms with Gasteiger partial charge in [0.15, 0.2) is 5.82 Å². The molecule has 1 heterocycles. The third-order valence-electron chi connectivity index (χ3n) is 1.58. The van der Waals surface area contributed by atoms with Crippen LogP contribution in [-0.4, -0.2) is 21.5 Å². The lowest BCUT2D eigenvalue weighted by molar-refractivity contribution is 0.296. The number of aryl methyl sites for hydroxylation is 1. The van der Waals surface area contributed by atoms with Crippen LogP contribution in [-0.2, 0) is 13.5 Å². The van der Waals surface area contributed by atoms with Crippen LogP contribution < -0.4 is 11.5 Å². The zero-order valence-corrected chi connectivity index (χ0v) is 6.41.